The summed E-state index contributed by atoms with van der Waals surface area (Å²) in [7, 11) is 0. The van der Waals surface area contributed by atoms with Crippen LogP contribution in [0.25, 0.3) is 0 Å². The summed E-state index contributed by atoms with van der Waals surface area (Å²) in [6.07, 6.45) is 1.60. The fourth-order valence-electron chi connectivity index (χ4n) is 2.06. The molecule has 15 heavy (non-hydrogen) atoms. The van der Waals surface area contributed by atoms with Gasteiger partial charge in [0, 0.05) is 19.2 Å². The second kappa shape index (κ2) is 4.02. The largest absolute Gasteiger partial charge is 0.481 e. The van der Waals surface area contributed by atoms with Crippen LogP contribution < -0.4 is 0 Å². The van der Waals surface area contributed by atoms with Crippen molar-refractivity contribution in [3.05, 3.63) is 18.0 Å². The highest BCUT2D eigenvalue weighted by Gasteiger charge is 2.34. The van der Waals surface area contributed by atoms with Crippen molar-refractivity contribution in [2.24, 2.45) is 11.8 Å². The maximum Gasteiger partial charge on any atom is 0.308 e. The van der Waals surface area contributed by atoms with E-state index in [4.69, 9.17) is 9.63 Å². The fourth-order valence-corrected chi connectivity index (χ4v) is 2.06. The Kier molecular flexibility index (Phi) is 2.73. The van der Waals surface area contributed by atoms with Crippen molar-refractivity contribution in [3.63, 3.8) is 0 Å². The molecule has 0 amide bonds. The molecule has 0 spiro atoms. The average molecular weight is 210 g/mol. The van der Waals surface area contributed by atoms with E-state index in [2.05, 4.69) is 10.1 Å². The molecule has 82 valence electrons. The molecular formula is C10H14N2O3. The van der Waals surface area contributed by atoms with Crippen LogP contribution in [0.5, 0.6) is 0 Å². The zero-order chi connectivity index (χ0) is 10.8. The number of aromatic nitrogens is 1. The predicted octanol–water partition coefficient (Wildman–Crippen LogP) is 0.827. The Balaban J connectivity index is 1.94. The number of hydrogen-bond donors (Lipinski definition) is 1. The highest BCUT2D eigenvalue weighted by Crippen LogP contribution is 2.24. The summed E-state index contributed by atoms with van der Waals surface area (Å²) in [5, 5.41) is 12.6. The third-order valence-corrected chi connectivity index (χ3v) is 2.88. The zero-order valence-electron chi connectivity index (χ0n) is 8.59. The maximum absolute atomic E-state index is 10.9. The highest BCUT2D eigenvalue weighted by atomic mass is 16.5. The molecule has 1 aromatic rings. The summed E-state index contributed by atoms with van der Waals surface area (Å²) < 4.78 is 4.99. The molecular weight excluding hydrogens is 196 g/mol. The van der Waals surface area contributed by atoms with Gasteiger partial charge in [0.2, 0.25) is 0 Å². The summed E-state index contributed by atoms with van der Waals surface area (Å²) in [6, 6.07) is 1.80. The van der Waals surface area contributed by atoms with Crippen LogP contribution in [0, 0.1) is 11.8 Å². The van der Waals surface area contributed by atoms with E-state index in [1.807, 2.05) is 6.92 Å². The van der Waals surface area contributed by atoms with Crippen molar-refractivity contribution in [1.29, 1.82) is 0 Å². The normalized spacial score (nSPS) is 27.0. The third kappa shape index (κ3) is 2.18. The van der Waals surface area contributed by atoms with E-state index < -0.39 is 5.97 Å². The van der Waals surface area contributed by atoms with E-state index in [1.165, 1.54) is 0 Å². The lowest BCUT2D eigenvalue weighted by Gasteiger charge is -2.12. The lowest BCUT2D eigenvalue weighted by molar-refractivity contribution is -0.142. The van der Waals surface area contributed by atoms with Crippen LogP contribution in [0.15, 0.2) is 16.8 Å². The van der Waals surface area contributed by atoms with E-state index in [0.29, 0.717) is 13.1 Å². The SMILES string of the molecule is CC1CN(Cc2ccno2)CC1C(=O)O. The van der Waals surface area contributed by atoms with Gasteiger partial charge in [-0.2, -0.15) is 0 Å². The number of carboxylic acid groups (broad SMARTS) is 1. The standard InChI is InChI=1S/C10H14N2O3/c1-7-4-12(6-9(7)10(13)14)5-8-2-3-11-15-8/h2-3,7,9H,4-6H2,1H3,(H,13,14). The number of hydrogen-bond acceptors (Lipinski definition) is 4. The van der Waals surface area contributed by atoms with E-state index in [0.717, 1.165) is 12.3 Å². The molecule has 0 aliphatic carbocycles. The van der Waals surface area contributed by atoms with Gasteiger partial charge in [-0.25, -0.2) is 0 Å². The molecule has 1 fully saturated rings. The van der Waals surface area contributed by atoms with Gasteiger partial charge in [0.05, 0.1) is 18.7 Å². The minimum Gasteiger partial charge on any atom is -0.481 e. The smallest absolute Gasteiger partial charge is 0.308 e. The van der Waals surface area contributed by atoms with E-state index in [1.54, 1.807) is 12.3 Å². The molecule has 0 aromatic carbocycles. The first-order valence-electron chi connectivity index (χ1n) is 5.01. The first-order chi connectivity index (χ1) is 7.16. The van der Waals surface area contributed by atoms with Crippen LogP contribution in [0.3, 0.4) is 0 Å². The molecule has 2 atom stereocenters. The Morgan fingerprint density at radius 1 is 1.73 bits per heavy atom. The molecule has 0 radical (unpaired) electrons. The van der Waals surface area contributed by atoms with Crippen LogP contribution in [0.4, 0.5) is 0 Å². The fraction of sp³-hybridized carbons (Fsp3) is 0.600. The van der Waals surface area contributed by atoms with Gasteiger partial charge in [-0.1, -0.05) is 12.1 Å². The molecule has 2 unspecified atom stereocenters. The molecule has 1 N–H and O–H groups in total. The minimum atomic E-state index is -0.706. The van der Waals surface area contributed by atoms with E-state index in [-0.39, 0.29) is 11.8 Å². The summed E-state index contributed by atoms with van der Waals surface area (Å²) in [6.45, 7) is 4.02. The van der Waals surface area contributed by atoms with Gasteiger partial charge in [0.15, 0.2) is 5.76 Å². The van der Waals surface area contributed by atoms with Gasteiger partial charge in [0.25, 0.3) is 0 Å². The Labute approximate surface area is 87.7 Å². The molecule has 1 aliphatic rings. The second-order valence-corrected chi connectivity index (χ2v) is 4.09. The predicted molar refractivity (Wildman–Crippen MR) is 52.1 cm³/mol. The molecule has 5 nitrogen and oxygen atoms in total. The number of rotatable bonds is 3. The quantitative estimate of drug-likeness (QED) is 0.800. The Morgan fingerprint density at radius 3 is 3.07 bits per heavy atom. The van der Waals surface area contributed by atoms with Gasteiger partial charge in [-0.15, -0.1) is 0 Å². The van der Waals surface area contributed by atoms with Crippen molar-refractivity contribution in [2.75, 3.05) is 13.1 Å². The van der Waals surface area contributed by atoms with Crippen molar-refractivity contribution < 1.29 is 14.4 Å². The molecule has 2 heterocycles. The molecule has 0 bridgehead atoms. The molecule has 1 aromatic heterocycles. The number of aliphatic carboxylic acids is 1. The summed E-state index contributed by atoms with van der Waals surface area (Å²) in [5.41, 5.74) is 0. The van der Waals surface area contributed by atoms with Gasteiger partial charge in [-0.05, 0) is 5.92 Å². The first kappa shape index (κ1) is 10.2. The van der Waals surface area contributed by atoms with E-state index in [9.17, 15) is 4.79 Å². The van der Waals surface area contributed by atoms with Crippen LogP contribution >= 0.6 is 0 Å². The minimum absolute atomic E-state index is 0.199. The van der Waals surface area contributed by atoms with Gasteiger partial charge in [0.1, 0.15) is 0 Å². The molecule has 2 rings (SSSR count). The van der Waals surface area contributed by atoms with Crippen molar-refractivity contribution in [3.8, 4) is 0 Å². The molecule has 1 aliphatic heterocycles. The molecule has 1 saturated heterocycles. The average Bonchev–Trinajstić information content (AvgIpc) is 2.75. The lowest BCUT2D eigenvalue weighted by Crippen LogP contribution is -2.22. The van der Waals surface area contributed by atoms with Crippen LogP contribution in [0.1, 0.15) is 12.7 Å². The van der Waals surface area contributed by atoms with Crippen LogP contribution in [0.2, 0.25) is 0 Å². The van der Waals surface area contributed by atoms with Gasteiger partial charge in [-0.3, -0.25) is 9.69 Å². The summed E-state index contributed by atoms with van der Waals surface area (Å²) >= 11 is 0. The van der Waals surface area contributed by atoms with E-state index >= 15 is 0 Å². The monoisotopic (exact) mass is 210 g/mol. The zero-order valence-corrected chi connectivity index (χ0v) is 8.59. The topological polar surface area (TPSA) is 66.6 Å². The molecule has 0 saturated carbocycles. The van der Waals surface area contributed by atoms with Crippen molar-refractivity contribution in [2.45, 2.75) is 13.5 Å². The first-order valence-corrected chi connectivity index (χ1v) is 5.01. The van der Waals surface area contributed by atoms with Gasteiger partial charge >= 0.3 is 5.97 Å². The molecule has 5 heteroatoms. The second-order valence-electron chi connectivity index (χ2n) is 4.09. The van der Waals surface area contributed by atoms with Crippen molar-refractivity contribution in [1.82, 2.24) is 10.1 Å². The van der Waals surface area contributed by atoms with Crippen LogP contribution in [-0.2, 0) is 11.3 Å². The number of likely N-dealkylation sites (tertiary alicyclic amines) is 1. The summed E-state index contributed by atoms with van der Waals surface area (Å²) in [4.78, 5) is 13.0. The highest BCUT2D eigenvalue weighted by molar-refractivity contribution is 5.71. The van der Waals surface area contributed by atoms with Gasteiger partial charge < -0.3 is 9.63 Å². The Morgan fingerprint density at radius 2 is 2.53 bits per heavy atom. The Bertz CT molecular complexity index is 336. The lowest BCUT2D eigenvalue weighted by atomic mass is 9.99. The maximum atomic E-state index is 10.9. The number of nitrogens with zero attached hydrogens (tertiary/aromatic N) is 2. The van der Waals surface area contributed by atoms with Crippen LogP contribution in [-0.4, -0.2) is 34.2 Å². The number of carboxylic acids is 1. The third-order valence-electron chi connectivity index (χ3n) is 2.88. The summed E-state index contributed by atoms with van der Waals surface area (Å²) in [5.74, 6) is 0.0224. The van der Waals surface area contributed by atoms with Crippen molar-refractivity contribution >= 4 is 5.97 Å². The Hall–Kier alpha value is -1.36. The number of carbonyl (C=O) groups is 1.